The normalized spacial score (nSPS) is 11.8. The minimum atomic E-state index is -3.65. The van der Waals surface area contributed by atoms with Gasteiger partial charge in [0.2, 0.25) is 10.0 Å². The van der Waals surface area contributed by atoms with Crippen LogP contribution in [0.25, 0.3) is 0 Å². The largest absolute Gasteiger partial charge is 0.399 e. The lowest BCUT2D eigenvalue weighted by atomic mass is 10.2. The zero-order valence-electron chi connectivity index (χ0n) is 11.7. The van der Waals surface area contributed by atoms with Crippen molar-refractivity contribution in [3.63, 3.8) is 0 Å². The van der Waals surface area contributed by atoms with E-state index in [1.807, 2.05) is 6.07 Å². The van der Waals surface area contributed by atoms with E-state index in [1.165, 1.54) is 16.4 Å². The molecular formula is C15H17FN2O2S. The maximum atomic E-state index is 12.9. The topological polar surface area (TPSA) is 63.4 Å². The van der Waals surface area contributed by atoms with Gasteiger partial charge in [-0.25, -0.2) is 12.8 Å². The smallest absolute Gasteiger partial charge is 0.243 e. The Labute approximate surface area is 124 Å². The van der Waals surface area contributed by atoms with Crippen molar-refractivity contribution < 1.29 is 12.8 Å². The lowest BCUT2D eigenvalue weighted by molar-refractivity contribution is 0.423. The number of anilines is 1. The van der Waals surface area contributed by atoms with Gasteiger partial charge in [-0.15, -0.1) is 0 Å². The fraction of sp³-hybridized carbons (Fsp3) is 0.200. The lowest BCUT2D eigenvalue weighted by Gasteiger charge is -2.20. The number of benzene rings is 2. The molecule has 0 unspecified atom stereocenters. The monoisotopic (exact) mass is 308 g/mol. The van der Waals surface area contributed by atoms with Gasteiger partial charge in [0.15, 0.2) is 0 Å². The molecule has 0 saturated carbocycles. The highest BCUT2D eigenvalue weighted by atomic mass is 32.2. The first-order valence-corrected chi connectivity index (χ1v) is 7.97. The van der Waals surface area contributed by atoms with Crippen molar-refractivity contribution in [2.75, 3.05) is 12.3 Å². The molecule has 6 heteroatoms. The predicted molar refractivity (Wildman–Crippen MR) is 80.5 cm³/mol. The van der Waals surface area contributed by atoms with Crippen molar-refractivity contribution in [2.24, 2.45) is 0 Å². The maximum absolute atomic E-state index is 12.9. The van der Waals surface area contributed by atoms with E-state index in [9.17, 15) is 12.8 Å². The van der Waals surface area contributed by atoms with Gasteiger partial charge in [0, 0.05) is 18.8 Å². The summed E-state index contributed by atoms with van der Waals surface area (Å²) in [5.74, 6) is -0.465. The van der Waals surface area contributed by atoms with E-state index < -0.39 is 15.8 Å². The van der Waals surface area contributed by atoms with E-state index >= 15 is 0 Å². The summed E-state index contributed by atoms with van der Waals surface area (Å²) < 4.78 is 39.3. The van der Waals surface area contributed by atoms with Gasteiger partial charge < -0.3 is 5.73 Å². The Morgan fingerprint density at radius 1 is 1.14 bits per heavy atom. The number of rotatable bonds is 5. The second kappa shape index (κ2) is 6.24. The van der Waals surface area contributed by atoms with Crippen LogP contribution in [-0.2, 0) is 16.6 Å². The van der Waals surface area contributed by atoms with E-state index in [0.717, 1.165) is 17.7 Å². The molecule has 0 aliphatic rings. The van der Waals surface area contributed by atoms with Crippen LogP contribution in [0.2, 0.25) is 0 Å². The predicted octanol–water partition coefficient (Wildman–Crippen LogP) is 2.62. The summed E-state index contributed by atoms with van der Waals surface area (Å²) in [5, 5.41) is 0. The highest BCUT2D eigenvalue weighted by Gasteiger charge is 2.23. The number of hydrogen-bond donors (Lipinski definition) is 1. The van der Waals surface area contributed by atoms with E-state index in [2.05, 4.69) is 0 Å². The molecule has 0 aromatic heterocycles. The van der Waals surface area contributed by atoms with Gasteiger partial charge in [-0.05, 0) is 42.0 Å². The molecule has 2 aromatic carbocycles. The van der Waals surface area contributed by atoms with E-state index in [0.29, 0.717) is 12.2 Å². The number of nitrogens with two attached hydrogens (primary N) is 1. The van der Waals surface area contributed by atoms with Crippen molar-refractivity contribution in [1.82, 2.24) is 4.31 Å². The molecule has 0 fully saturated rings. The SMILES string of the molecule is CCN(Cc1cccc(N)c1)S(=O)(=O)c1ccc(F)cc1. The molecule has 2 N–H and O–H groups in total. The second-order valence-corrected chi connectivity index (χ2v) is 6.57. The summed E-state index contributed by atoms with van der Waals surface area (Å²) in [6.45, 7) is 2.29. The van der Waals surface area contributed by atoms with Crippen molar-refractivity contribution in [3.05, 3.63) is 59.9 Å². The summed E-state index contributed by atoms with van der Waals surface area (Å²) in [4.78, 5) is 0.0784. The molecule has 112 valence electrons. The molecule has 0 aliphatic carbocycles. The highest BCUT2D eigenvalue weighted by Crippen LogP contribution is 2.19. The summed E-state index contributed by atoms with van der Waals surface area (Å²) in [5.41, 5.74) is 7.10. The molecule has 4 nitrogen and oxygen atoms in total. The molecule has 0 heterocycles. The third-order valence-corrected chi connectivity index (χ3v) is 5.05. The molecule has 21 heavy (non-hydrogen) atoms. The molecule has 2 rings (SSSR count). The number of hydrogen-bond acceptors (Lipinski definition) is 3. The number of nitrogen functional groups attached to an aromatic ring is 1. The van der Waals surface area contributed by atoms with Gasteiger partial charge in [-0.2, -0.15) is 4.31 Å². The average molecular weight is 308 g/mol. The Bertz CT molecular complexity index is 715. The van der Waals surface area contributed by atoms with Crippen LogP contribution in [0.1, 0.15) is 12.5 Å². The van der Waals surface area contributed by atoms with Crippen LogP contribution in [0.5, 0.6) is 0 Å². The first-order chi connectivity index (χ1) is 9.93. The van der Waals surface area contributed by atoms with Crippen molar-refractivity contribution in [1.29, 1.82) is 0 Å². The van der Waals surface area contributed by atoms with Crippen molar-refractivity contribution >= 4 is 15.7 Å². The lowest BCUT2D eigenvalue weighted by Crippen LogP contribution is -2.30. The van der Waals surface area contributed by atoms with Gasteiger partial charge in [0.25, 0.3) is 0 Å². The van der Waals surface area contributed by atoms with E-state index in [4.69, 9.17) is 5.73 Å². The Kier molecular flexibility index (Phi) is 4.59. The Hall–Kier alpha value is -1.92. The van der Waals surface area contributed by atoms with Gasteiger partial charge in [0.1, 0.15) is 5.82 Å². The van der Waals surface area contributed by atoms with Gasteiger partial charge in [-0.3, -0.25) is 0 Å². The average Bonchev–Trinajstić information content (AvgIpc) is 2.45. The number of sulfonamides is 1. The van der Waals surface area contributed by atoms with Crippen LogP contribution in [0, 0.1) is 5.82 Å². The molecule has 0 saturated heterocycles. The molecule has 0 atom stereocenters. The minimum Gasteiger partial charge on any atom is -0.399 e. The molecular weight excluding hydrogens is 291 g/mol. The quantitative estimate of drug-likeness (QED) is 0.864. The summed E-state index contributed by atoms with van der Waals surface area (Å²) >= 11 is 0. The maximum Gasteiger partial charge on any atom is 0.243 e. The molecule has 2 aromatic rings. The van der Waals surface area contributed by atoms with Crippen LogP contribution in [0.3, 0.4) is 0 Å². The van der Waals surface area contributed by atoms with Crippen molar-refractivity contribution in [2.45, 2.75) is 18.4 Å². The fourth-order valence-electron chi connectivity index (χ4n) is 2.02. The molecule has 0 amide bonds. The van der Waals surface area contributed by atoms with Crippen molar-refractivity contribution in [3.8, 4) is 0 Å². The zero-order valence-corrected chi connectivity index (χ0v) is 12.5. The van der Waals surface area contributed by atoms with Gasteiger partial charge in [0.05, 0.1) is 4.90 Å². The minimum absolute atomic E-state index is 0.0784. The first kappa shape index (κ1) is 15.5. The van der Waals surface area contributed by atoms with Crippen LogP contribution in [0.4, 0.5) is 10.1 Å². The van der Waals surface area contributed by atoms with E-state index in [1.54, 1.807) is 25.1 Å². The fourth-order valence-corrected chi connectivity index (χ4v) is 3.45. The second-order valence-electron chi connectivity index (χ2n) is 4.63. The molecule has 0 aliphatic heterocycles. The number of nitrogens with zero attached hydrogens (tertiary/aromatic N) is 1. The summed E-state index contributed by atoms with van der Waals surface area (Å²) in [7, 11) is -3.65. The summed E-state index contributed by atoms with van der Waals surface area (Å²) in [6.07, 6.45) is 0. The first-order valence-electron chi connectivity index (χ1n) is 6.53. The number of halogens is 1. The van der Waals surface area contributed by atoms with Crippen LogP contribution >= 0.6 is 0 Å². The van der Waals surface area contributed by atoms with Gasteiger partial charge >= 0.3 is 0 Å². The third kappa shape index (κ3) is 3.59. The Balaban J connectivity index is 2.29. The Morgan fingerprint density at radius 3 is 2.38 bits per heavy atom. The van der Waals surface area contributed by atoms with E-state index in [-0.39, 0.29) is 11.4 Å². The standard InChI is InChI=1S/C15H17FN2O2S/c1-2-18(11-12-4-3-5-14(17)10-12)21(19,20)15-8-6-13(16)7-9-15/h3-10H,2,11,17H2,1H3. The molecule has 0 spiro atoms. The summed E-state index contributed by atoms with van der Waals surface area (Å²) in [6, 6.07) is 11.9. The van der Waals surface area contributed by atoms with Gasteiger partial charge in [-0.1, -0.05) is 19.1 Å². The van der Waals surface area contributed by atoms with Crippen LogP contribution in [-0.4, -0.2) is 19.3 Å². The zero-order chi connectivity index (χ0) is 15.5. The molecule has 0 radical (unpaired) electrons. The highest BCUT2D eigenvalue weighted by molar-refractivity contribution is 7.89. The Morgan fingerprint density at radius 2 is 1.81 bits per heavy atom. The van der Waals surface area contributed by atoms with Crippen LogP contribution < -0.4 is 5.73 Å². The third-order valence-electron chi connectivity index (χ3n) is 3.11. The van der Waals surface area contributed by atoms with Crippen LogP contribution in [0.15, 0.2) is 53.4 Å². The molecule has 0 bridgehead atoms.